The zero-order valence-corrected chi connectivity index (χ0v) is 12.6. The lowest BCUT2D eigenvalue weighted by molar-refractivity contribution is 0.546. The van der Waals surface area contributed by atoms with Crippen LogP contribution in [0.2, 0.25) is 0 Å². The fourth-order valence-electron chi connectivity index (χ4n) is 2.71. The molecule has 4 heteroatoms. The third-order valence-electron chi connectivity index (χ3n) is 3.64. The van der Waals surface area contributed by atoms with Gasteiger partial charge in [-0.2, -0.15) is 5.10 Å². The van der Waals surface area contributed by atoms with Crippen LogP contribution in [0.3, 0.4) is 0 Å². The number of hydrogen-bond acceptors (Lipinski definition) is 4. The van der Waals surface area contributed by atoms with E-state index in [1.54, 1.807) is 0 Å². The third kappa shape index (κ3) is 3.90. The van der Waals surface area contributed by atoms with Gasteiger partial charge in [-0.15, -0.1) is 5.10 Å². The van der Waals surface area contributed by atoms with Gasteiger partial charge in [-0.3, -0.25) is 0 Å². The molecule has 2 atom stereocenters. The van der Waals surface area contributed by atoms with Gasteiger partial charge in [0.2, 0.25) is 0 Å². The number of rotatable bonds is 5. The van der Waals surface area contributed by atoms with Crippen molar-refractivity contribution in [3.8, 4) is 0 Å². The molecule has 1 saturated heterocycles. The van der Waals surface area contributed by atoms with E-state index < -0.39 is 0 Å². The van der Waals surface area contributed by atoms with Gasteiger partial charge in [-0.1, -0.05) is 20.8 Å². The average Bonchev–Trinajstić information content (AvgIpc) is 2.69. The maximum Gasteiger partial charge on any atom is 0.151 e. The molecule has 0 radical (unpaired) electrons. The molecule has 0 amide bonds. The largest absolute Gasteiger partial charge is 0.352 e. The van der Waals surface area contributed by atoms with Gasteiger partial charge in [0.1, 0.15) is 0 Å². The Morgan fingerprint density at radius 3 is 2.63 bits per heavy atom. The van der Waals surface area contributed by atoms with E-state index in [1.807, 2.05) is 0 Å². The van der Waals surface area contributed by atoms with Crippen molar-refractivity contribution < 1.29 is 0 Å². The maximum absolute atomic E-state index is 4.38. The minimum atomic E-state index is 0.578. The van der Waals surface area contributed by atoms with Crippen molar-refractivity contribution in [2.45, 2.75) is 46.7 Å². The Hall–Kier alpha value is -1.16. The van der Waals surface area contributed by atoms with Crippen LogP contribution < -0.4 is 10.2 Å². The predicted molar refractivity (Wildman–Crippen MR) is 79.2 cm³/mol. The molecule has 0 spiro atoms. The van der Waals surface area contributed by atoms with E-state index >= 15 is 0 Å². The van der Waals surface area contributed by atoms with Crippen LogP contribution in [-0.2, 0) is 6.54 Å². The first kappa shape index (κ1) is 14.3. The summed E-state index contributed by atoms with van der Waals surface area (Å²) >= 11 is 0. The highest BCUT2D eigenvalue weighted by Gasteiger charge is 2.27. The standard InChI is InChI=1S/C15H26N4/c1-11(2)8-16-9-14-5-6-15(18-17-14)19-10-12(3)7-13(19)4/h5-6,11-13,16H,7-10H2,1-4H3. The summed E-state index contributed by atoms with van der Waals surface area (Å²) in [5.74, 6) is 2.44. The molecular formula is C15H26N4. The van der Waals surface area contributed by atoms with Gasteiger partial charge in [-0.05, 0) is 43.9 Å². The topological polar surface area (TPSA) is 41.0 Å². The maximum atomic E-state index is 4.38. The smallest absolute Gasteiger partial charge is 0.151 e. The molecule has 1 aromatic heterocycles. The van der Waals surface area contributed by atoms with Gasteiger partial charge >= 0.3 is 0 Å². The number of anilines is 1. The predicted octanol–water partition coefficient (Wildman–Crippen LogP) is 2.46. The molecule has 0 saturated carbocycles. The van der Waals surface area contributed by atoms with E-state index in [-0.39, 0.29) is 0 Å². The van der Waals surface area contributed by atoms with Gasteiger partial charge in [0, 0.05) is 19.1 Å². The molecule has 0 aromatic carbocycles. The van der Waals surface area contributed by atoms with E-state index in [0.29, 0.717) is 12.0 Å². The van der Waals surface area contributed by atoms with E-state index in [2.05, 4.69) is 60.2 Å². The Kier molecular flexibility index (Phi) is 4.75. The summed E-state index contributed by atoms with van der Waals surface area (Å²) in [4.78, 5) is 2.36. The summed E-state index contributed by atoms with van der Waals surface area (Å²) in [7, 11) is 0. The van der Waals surface area contributed by atoms with E-state index in [9.17, 15) is 0 Å². The van der Waals surface area contributed by atoms with Crippen molar-refractivity contribution in [3.05, 3.63) is 17.8 Å². The molecule has 1 aliphatic rings. The minimum Gasteiger partial charge on any atom is -0.352 e. The van der Waals surface area contributed by atoms with E-state index in [1.165, 1.54) is 6.42 Å². The van der Waals surface area contributed by atoms with Crippen LogP contribution in [0, 0.1) is 11.8 Å². The SMILES string of the molecule is CC(C)CNCc1ccc(N2CC(C)CC2C)nn1. The molecule has 19 heavy (non-hydrogen) atoms. The lowest BCUT2D eigenvalue weighted by atomic mass is 10.1. The van der Waals surface area contributed by atoms with Gasteiger partial charge in [0.05, 0.1) is 5.69 Å². The highest BCUT2D eigenvalue weighted by molar-refractivity contribution is 5.40. The molecule has 2 heterocycles. The zero-order valence-electron chi connectivity index (χ0n) is 12.6. The van der Waals surface area contributed by atoms with Crippen LogP contribution >= 0.6 is 0 Å². The molecule has 0 bridgehead atoms. The first-order valence-corrected chi connectivity index (χ1v) is 7.36. The fourth-order valence-corrected chi connectivity index (χ4v) is 2.71. The monoisotopic (exact) mass is 262 g/mol. The van der Waals surface area contributed by atoms with Crippen LogP contribution in [0.25, 0.3) is 0 Å². The summed E-state index contributed by atoms with van der Waals surface area (Å²) in [6, 6.07) is 4.77. The second-order valence-corrected chi connectivity index (χ2v) is 6.25. The lowest BCUT2D eigenvalue weighted by Gasteiger charge is -2.21. The lowest BCUT2D eigenvalue weighted by Crippen LogP contribution is -2.28. The van der Waals surface area contributed by atoms with Crippen LogP contribution in [0.4, 0.5) is 5.82 Å². The minimum absolute atomic E-state index is 0.578. The Balaban J connectivity index is 1.91. The Morgan fingerprint density at radius 2 is 2.11 bits per heavy atom. The highest BCUT2D eigenvalue weighted by atomic mass is 15.3. The first-order valence-electron chi connectivity index (χ1n) is 7.36. The van der Waals surface area contributed by atoms with Crippen LogP contribution in [0.1, 0.15) is 39.8 Å². The van der Waals surface area contributed by atoms with Crippen molar-refractivity contribution >= 4 is 5.82 Å². The number of nitrogens with zero attached hydrogens (tertiary/aromatic N) is 3. The van der Waals surface area contributed by atoms with Crippen molar-refractivity contribution in [1.29, 1.82) is 0 Å². The molecule has 106 valence electrons. The summed E-state index contributed by atoms with van der Waals surface area (Å²) in [6.07, 6.45) is 1.25. The van der Waals surface area contributed by atoms with Crippen molar-refractivity contribution in [3.63, 3.8) is 0 Å². The molecule has 4 nitrogen and oxygen atoms in total. The van der Waals surface area contributed by atoms with Gasteiger partial charge in [-0.25, -0.2) is 0 Å². The average molecular weight is 262 g/mol. The summed E-state index contributed by atoms with van der Waals surface area (Å²) in [5.41, 5.74) is 1.02. The number of nitrogens with one attached hydrogen (secondary N) is 1. The number of aromatic nitrogens is 2. The van der Waals surface area contributed by atoms with Crippen molar-refractivity contribution in [2.75, 3.05) is 18.0 Å². The second-order valence-electron chi connectivity index (χ2n) is 6.25. The van der Waals surface area contributed by atoms with Crippen molar-refractivity contribution in [2.24, 2.45) is 11.8 Å². The van der Waals surface area contributed by atoms with Gasteiger partial charge in [0.25, 0.3) is 0 Å². The van der Waals surface area contributed by atoms with Crippen LogP contribution in [0.15, 0.2) is 12.1 Å². The quantitative estimate of drug-likeness (QED) is 0.885. The van der Waals surface area contributed by atoms with E-state index in [4.69, 9.17) is 0 Å². The molecular weight excluding hydrogens is 236 g/mol. The van der Waals surface area contributed by atoms with Gasteiger partial charge < -0.3 is 10.2 Å². The van der Waals surface area contributed by atoms with Crippen LogP contribution in [0.5, 0.6) is 0 Å². The van der Waals surface area contributed by atoms with Gasteiger partial charge in [0.15, 0.2) is 5.82 Å². The van der Waals surface area contributed by atoms with E-state index in [0.717, 1.165) is 37.1 Å². The Labute approximate surface area is 116 Å². The Bertz CT molecular complexity index is 388. The van der Waals surface area contributed by atoms with Crippen LogP contribution in [-0.4, -0.2) is 29.3 Å². The second kappa shape index (κ2) is 6.33. The molecule has 1 aliphatic heterocycles. The molecule has 1 N–H and O–H groups in total. The third-order valence-corrected chi connectivity index (χ3v) is 3.64. The zero-order chi connectivity index (χ0) is 13.8. The highest BCUT2D eigenvalue weighted by Crippen LogP contribution is 2.26. The van der Waals surface area contributed by atoms with Crippen molar-refractivity contribution in [1.82, 2.24) is 15.5 Å². The molecule has 1 aromatic rings. The molecule has 2 rings (SSSR count). The fraction of sp³-hybridized carbons (Fsp3) is 0.733. The molecule has 0 aliphatic carbocycles. The molecule has 2 unspecified atom stereocenters. The number of hydrogen-bond donors (Lipinski definition) is 1. The summed E-state index contributed by atoms with van der Waals surface area (Å²) in [5, 5.41) is 12.1. The summed E-state index contributed by atoms with van der Waals surface area (Å²) in [6.45, 7) is 11.9. The summed E-state index contributed by atoms with van der Waals surface area (Å²) < 4.78 is 0. The molecule has 1 fully saturated rings. The Morgan fingerprint density at radius 1 is 1.32 bits per heavy atom. The first-order chi connectivity index (χ1) is 9.06. The normalized spacial score (nSPS) is 23.3.